The summed E-state index contributed by atoms with van der Waals surface area (Å²) in [6.45, 7) is 8.15. The molecule has 1 unspecified atom stereocenters. The number of halogens is 1. The number of aromatic nitrogens is 2. The Balaban J connectivity index is 2.73. The Hall–Kier alpha value is -0.390. The van der Waals surface area contributed by atoms with Gasteiger partial charge in [0.1, 0.15) is 0 Å². The molecule has 1 aromatic heterocycles. The number of nitrogens with zero attached hydrogens (tertiary/aromatic N) is 2. The van der Waals surface area contributed by atoms with E-state index in [9.17, 15) is 5.11 Å². The highest BCUT2D eigenvalue weighted by atomic mass is 79.9. The Kier molecular flexibility index (Phi) is 5.44. The summed E-state index contributed by atoms with van der Waals surface area (Å²) >= 11 is 3.58. The first-order valence-corrected chi connectivity index (χ1v) is 6.52. The highest BCUT2D eigenvalue weighted by Gasteiger charge is 2.13. The minimum absolute atomic E-state index is 0.317. The second kappa shape index (κ2) is 6.37. The first-order chi connectivity index (χ1) is 7.60. The molecule has 92 valence electrons. The fourth-order valence-corrected chi connectivity index (χ4v) is 2.29. The summed E-state index contributed by atoms with van der Waals surface area (Å²) in [4.78, 5) is 0. The number of hydrogen-bond acceptors (Lipinski definition) is 3. The predicted octanol–water partition coefficient (Wildman–Crippen LogP) is 1.70. The van der Waals surface area contributed by atoms with Crippen molar-refractivity contribution in [2.75, 3.05) is 6.54 Å². The molecule has 0 aromatic carbocycles. The van der Waals surface area contributed by atoms with Crippen molar-refractivity contribution in [3.8, 4) is 0 Å². The topological polar surface area (TPSA) is 50.1 Å². The van der Waals surface area contributed by atoms with Crippen LogP contribution in [0.4, 0.5) is 0 Å². The Morgan fingerprint density at radius 2 is 2.19 bits per heavy atom. The van der Waals surface area contributed by atoms with Crippen LogP contribution in [0.3, 0.4) is 0 Å². The van der Waals surface area contributed by atoms with Crippen LogP contribution < -0.4 is 5.32 Å². The molecule has 0 aliphatic rings. The number of aliphatic hydroxyl groups is 1. The molecule has 0 aliphatic heterocycles. The molecule has 0 bridgehead atoms. The molecule has 1 atom stereocenters. The molecule has 0 amide bonds. The third-order valence-corrected chi connectivity index (χ3v) is 3.34. The van der Waals surface area contributed by atoms with Crippen molar-refractivity contribution in [3.63, 3.8) is 0 Å². The van der Waals surface area contributed by atoms with Crippen LogP contribution in [-0.4, -0.2) is 27.5 Å². The average Bonchev–Trinajstić information content (AvgIpc) is 2.55. The zero-order valence-corrected chi connectivity index (χ0v) is 11.7. The van der Waals surface area contributed by atoms with E-state index in [1.54, 1.807) is 6.92 Å². The molecule has 16 heavy (non-hydrogen) atoms. The smallest absolute Gasteiger partial charge is 0.0767 e. The van der Waals surface area contributed by atoms with Crippen molar-refractivity contribution in [2.24, 2.45) is 0 Å². The van der Waals surface area contributed by atoms with E-state index < -0.39 is 0 Å². The van der Waals surface area contributed by atoms with Crippen molar-refractivity contribution in [2.45, 2.75) is 46.4 Å². The van der Waals surface area contributed by atoms with Gasteiger partial charge in [0.15, 0.2) is 0 Å². The Bertz CT molecular complexity index is 336. The van der Waals surface area contributed by atoms with Crippen LogP contribution in [-0.2, 0) is 19.5 Å². The summed E-state index contributed by atoms with van der Waals surface area (Å²) in [5.41, 5.74) is 2.25. The molecule has 0 radical (unpaired) electrons. The maximum atomic E-state index is 9.18. The van der Waals surface area contributed by atoms with E-state index in [2.05, 4.69) is 40.2 Å². The molecule has 1 aromatic rings. The molecule has 0 spiro atoms. The fourth-order valence-electron chi connectivity index (χ4n) is 1.59. The van der Waals surface area contributed by atoms with Crippen molar-refractivity contribution in [1.82, 2.24) is 15.1 Å². The van der Waals surface area contributed by atoms with Gasteiger partial charge in [0, 0.05) is 19.6 Å². The summed E-state index contributed by atoms with van der Waals surface area (Å²) in [6, 6.07) is 0. The van der Waals surface area contributed by atoms with Crippen molar-refractivity contribution >= 4 is 15.9 Å². The van der Waals surface area contributed by atoms with Gasteiger partial charge in [-0.25, -0.2) is 0 Å². The molecule has 0 aliphatic carbocycles. The summed E-state index contributed by atoms with van der Waals surface area (Å²) in [6.07, 6.45) is 0.610. The van der Waals surface area contributed by atoms with E-state index in [-0.39, 0.29) is 6.10 Å². The van der Waals surface area contributed by atoms with Crippen LogP contribution in [0.1, 0.15) is 32.2 Å². The highest BCUT2D eigenvalue weighted by molar-refractivity contribution is 9.10. The van der Waals surface area contributed by atoms with Crippen LogP contribution in [0.2, 0.25) is 0 Å². The number of rotatable bonds is 6. The highest BCUT2D eigenvalue weighted by Crippen LogP contribution is 2.22. The first kappa shape index (κ1) is 13.7. The second-order valence-electron chi connectivity index (χ2n) is 3.86. The van der Waals surface area contributed by atoms with Gasteiger partial charge in [0.2, 0.25) is 0 Å². The first-order valence-electron chi connectivity index (χ1n) is 5.72. The van der Waals surface area contributed by atoms with Gasteiger partial charge in [0.25, 0.3) is 0 Å². The third-order valence-electron chi connectivity index (χ3n) is 2.43. The lowest BCUT2D eigenvalue weighted by atomic mass is 10.3. The summed E-state index contributed by atoms with van der Waals surface area (Å²) < 4.78 is 3.09. The second-order valence-corrected chi connectivity index (χ2v) is 4.65. The minimum atomic E-state index is -0.317. The molecular formula is C11H20BrN3O. The SMILES string of the molecule is CCc1nn(CC)c(CNCC(C)O)c1Br. The Morgan fingerprint density at radius 3 is 2.69 bits per heavy atom. The normalized spacial score (nSPS) is 13.1. The molecule has 0 saturated carbocycles. The summed E-state index contributed by atoms with van der Waals surface area (Å²) in [7, 11) is 0. The van der Waals surface area contributed by atoms with E-state index >= 15 is 0 Å². The van der Waals surface area contributed by atoms with Gasteiger partial charge < -0.3 is 10.4 Å². The number of aryl methyl sites for hydroxylation is 2. The van der Waals surface area contributed by atoms with Gasteiger partial charge in [-0.3, -0.25) is 4.68 Å². The lowest BCUT2D eigenvalue weighted by molar-refractivity contribution is 0.190. The lowest BCUT2D eigenvalue weighted by Crippen LogP contribution is -2.25. The Morgan fingerprint density at radius 1 is 1.50 bits per heavy atom. The average molecular weight is 290 g/mol. The van der Waals surface area contributed by atoms with Crippen molar-refractivity contribution in [3.05, 3.63) is 15.9 Å². The van der Waals surface area contributed by atoms with E-state index in [0.29, 0.717) is 6.54 Å². The van der Waals surface area contributed by atoms with E-state index in [0.717, 1.165) is 35.4 Å². The fraction of sp³-hybridized carbons (Fsp3) is 0.727. The predicted molar refractivity (Wildman–Crippen MR) is 68.4 cm³/mol. The molecule has 5 heteroatoms. The molecular weight excluding hydrogens is 270 g/mol. The Labute approximate surface area is 105 Å². The zero-order chi connectivity index (χ0) is 12.1. The van der Waals surface area contributed by atoms with Crippen molar-refractivity contribution < 1.29 is 5.11 Å². The lowest BCUT2D eigenvalue weighted by Gasteiger charge is -2.08. The molecule has 0 saturated heterocycles. The number of hydrogen-bond donors (Lipinski definition) is 2. The van der Waals surface area contributed by atoms with Gasteiger partial charge >= 0.3 is 0 Å². The molecule has 4 nitrogen and oxygen atoms in total. The number of aliphatic hydroxyl groups excluding tert-OH is 1. The monoisotopic (exact) mass is 289 g/mol. The van der Waals surface area contributed by atoms with E-state index in [1.807, 2.05) is 4.68 Å². The van der Waals surface area contributed by atoms with Crippen LogP contribution in [0.15, 0.2) is 4.47 Å². The molecule has 1 heterocycles. The van der Waals surface area contributed by atoms with Gasteiger partial charge in [-0.05, 0) is 36.2 Å². The van der Waals surface area contributed by atoms with E-state index in [1.165, 1.54) is 0 Å². The van der Waals surface area contributed by atoms with Crippen LogP contribution in [0.25, 0.3) is 0 Å². The number of nitrogens with one attached hydrogen (secondary N) is 1. The quantitative estimate of drug-likeness (QED) is 0.838. The molecule has 1 rings (SSSR count). The maximum absolute atomic E-state index is 9.18. The standard InChI is InChI=1S/C11H20BrN3O/c1-4-9-11(12)10(15(5-2)14-9)7-13-6-8(3)16/h8,13,16H,4-7H2,1-3H3. The molecule has 0 fully saturated rings. The van der Waals surface area contributed by atoms with Crippen molar-refractivity contribution in [1.29, 1.82) is 0 Å². The largest absolute Gasteiger partial charge is 0.392 e. The molecule has 2 N–H and O–H groups in total. The van der Waals surface area contributed by atoms with Gasteiger partial charge in [-0.1, -0.05) is 6.92 Å². The maximum Gasteiger partial charge on any atom is 0.0767 e. The minimum Gasteiger partial charge on any atom is -0.392 e. The van der Waals surface area contributed by atoms with Gasteiger partial charge in [-0.2, -0.15) is 5.10 Å². The van der Waals surface area contributed by atoms with Gasteiger partial charge in [0.05, 0.1) is 22.0 Å². The summed E-state index contributed by atoms with van der Waals surface area (Å²) in [5.74, 6) is 0. The third kappa shape index (κ3) is 3.30. The van der Waals surface area contributed by atoms with Gasteiger partial charge in [-0.15, -0.1) is 0 Å². The van der Waals surface area contributed by atoms with Crippen LogP contribution >= 0.6 is 15.9 Å². The van der Waals surface area contributed by atoms with Crippen LogP contribution in [0, 0.1) is 0 Å². The zero-order valence-electron chi connectivity index (χ0n) is 10.1. The van der Waals surface area contributed by atoms with Crippen LogP contribution in [0.5, 0.6) is 0 Å². The van der Waals surface area contributed by atoms with E-state index in [4.69, 9.17) is 0 Å². The summed E-state index contributed by atoms with van der Waals surface area (Å²) in [5, 5.41) is 16.9.